The van der Waals surface area contributed by atoms with E-state index in [1.54, 1.807) is 11.3 Å². The quantitative estimate of drug-likeness (QED) is 0.443. The van der Waals surface area contributed by atoms with E-state index in [1.807, 2.05) is 0 Å². The first-order valence-corrected chi connectivity index (χ1v) is 7.93. The van der Waals surface area contributed by atoms with Crippen LogP contribution in [-0.4, -0.2) is 29.8 Å². The van der Waals surface area contributed by atoms with Gasteiger partial charge in [0.05, 0.1) is 12.0 Å². The minimum absolute atomic E-state index is 0.366. The van der Waals surface area contributed by atoms with Crippen LogP contribution >= 0.6 is 11.3 Å². The summed E-state index contributed by atoms with van der Waals surface area (Å²) >= 11 is 1.63. The molecular formula is C14H22N4O2S. The molecule has 0 aliphatic carbocycles. The van der Waals surface area contributed by atoms with E-state index in [0.29, 0.717) is 31.0 Å². The first kappa shape index (κ1) is 15.9. The summed E-state index contributed by atoms with van der Waals surface area (Å²) in [5.41, 5.74) is 2.48. The smallest absolute Gasteiger partial charge is 0.241 e. The summed E-state index contributed by atoms with van der Waals surface area (Å²) in [7, 11) is 0. The maximum atomic E-state index is 5.74. The van der Waals surface area contributed by atoms with E-state index in [4.69, 9.17) is 15.3 Å². The van der Waals surface area contributed by atoms with Crippen molar-refractivity contribution in [1.82, 2.24) is 9.97 Å². The molecule has 0 unspecified atom stereocenters. The highest BCUT2D eigenvalue weighted by Gasteiger charge is 2.12. The van der Waals surface area contributed by atoms with Crippen LogP contribution in [0.4, 0.5) is 5.95 Å². The van der Waals surface area contributed by atoms with Crippen LogP contribution in [0.1, 0.15) is 25.6 Å². The second-order valence-corrected chi connectivity index (χ2v) is 6.21. The lowest BCUT2D eigenvalue weighted by molar-refractivity contribution is 0.0811. The Hall–Kier alpha value is -1.44. The molecule has 0 aromatic carbocycles. The van der Waals surface area contributed by atoms with Crippen molar-refractivity contribution in [3.63, 3.8) is 0 Å². The summed E-state index contributed by atoms with van der Waals surface area (Å²) in [6.07, 6.45) is 0.962. The zero-order chi connectivity index (χ0) is 15.2. The molecule has 2 aromatic heterocycles. The Morgan fingerprint density at radius 1 is 1.33 bits per heavy atom. The molecule has 0 spiro atoms. The number of hydrazine groups is 1. The van der Waals surface area contributed by atoms with Crippen molar-refractivity contribution in [2.75, 3.05) is 25.2 Å². The average molecular weight is 310 g/mol. The molecule has 3 N–H and O–H groups in total. The van der Waals surface area contributed by atoms with Gasteiger partial charge in [-0.3, -0.25) is 5.43 Å². The van der Waals surface area contributed by atoms with Gasteiger partial charge in [0.15, 0.2) is 0 Å². The Morgan fingerprint density at radius 2 is 2.14 bits per heavy atom. The van der Waals surface area contributed by atoms with E-state index in [1.165, 1.54) is 4.88 Å². The van der Waals surface area contributed by atoms with E-state index in [-0.39, 0.29) is 0 Å². The van der Waals surface area contributed by atoms with Gasteiger partial charge in [0.1, 0.15) is 11.4 Å². The van der Waals surface area contributed by atoms with Crippen molar-refractivity contribution >= 4 is 27.5 Å². The summed E-state index contributed by atoms with van der Waals surface area (Å²) < 4.78 is 11.2. The number of aromatic nitrogens is 2. The number of anilines is 1. The molecule has 0 saturated carbocycles. The summed E-state index contributed by atoms with van der Waals surface area (Å²) in [6, 6.07) is 2.07. The molecule has 0 amide bonds. The van der Waals surface area contributed by atoms with Crippen LogP contribution in [0, 0.1) is 5.92 Å². The lowest BCUT2D eigenvalue weighted by atomic mass is 10.2. The lowest BCUT2D eigenvalue weighted by Crippen LogP contribution is -2.13. The van der Waals surface area contributed by atoms with E-state index < -0.39 is 0 Å². The number of fused-ring (bicyclic) bond motifs is 1. The topological polar surface area (TPSA) is 82.3 Å². The number of rotatable bonds is 8. The molecule has 0 saturated heterocycles. The van der Waals surface area contributed by atoms with Crippen molar-refractivity contribution in [3.05, 3.63) is 10.9 Å². The van der Waals surface area contributed by atoms with E-state index in [0.717, 1.165) is 23.2 Å². The fourth-order valence-electron chi connectivity index (χ4n) is 1.81. The Labute approximate surface area is 128 Å². The van der Waals surface area contributed by atoms with Crippen molar-refractivity contribution in [3.8, 4) is 5.88 Å². The van der Waals surface area contributed by atoms with E-state index >= 15 is 0 Å². The molecule has 7 heteroatoms. The molecule has 0 aliphatic heterocycles. The van der Waals surface area contributed by atoms with Crippen LogP contribution in [0.2, 0.25) is 0 Å². The van der Waals surface area contributed by atoms with Gasteiger partial charge in [-0.05, 0) is 18.4 Å². The van der Waals surface area contributed by atoms with Crippen LogP contribution in [0.15, 0.2) is 6.07 Å². The molecule has 0 aliphatic rings. The number of nitrogens with two attached hydrogens (primary N) is 1. The molecule has 0 radical (unpaired) electrons. The molecule has 0 atom stereocenters. The van der Waals surface area contributed by atoms with Crippen LogP contribution in [0.3, 0.4) is 0 Å². The Kier molecular flexibility index (Phi) is 5.72. The highest BCUT2D eigenvalue weighted by molar-refractivity contribution is 7.18. The first-order valence-electron chi connectivity index (χ1n) is 7.11. The number of nitrogens with one attached hydrogen (secondary N) is 1. The maximum Gasteiger partial charge on any atom is 0.241 e. The third-order valence-electron chi connectivity index (χ3n) is 2.80. The molecule has 0 bridgehead atoms. The zero-order valence-corrected chi connectivity index (χ0v) is 13.5. The van der Waals surface area contributed by atoms with Crippen LogP contribution in [0.25, 0.3) is 10.2 Å². The van der Waals surface area contributed by atoms with Gasteiger partial charge in [-0.25, -0.2) is 10.8 Å². The largest absolute Gasteiger partial charge is 0.475 e. The number of nitrogen functional groups attached to an aromatic ring is 1. The second-order valence-electron chi connectivity index (χ2n) is 5.10. The lowest BCUT2D eigenvalue weighted by Gasteiger charge is -2.09. The van der Waals surface area contributed by atoms with Gasteiger partial charge in [-0.1, -0.05) is 20.8 Å². The monoisotopic (exact) mass is 310 g/mol. The summed E-state index contributed by atoms with van der Waals surface area (Å²) in [6.45, 7) is 8.08. The van der Waals surface area contributed by atoms with E-state index in [9.17, 15) is 0 Å². The molecule has 21 heavy (non-hydrogen) atoms. The summed E-state index contributed by atoms with van der Waals surface area (Å²) in [5.74, 6) is 6.85. The Morgan fingerprint density at radius 3 is 2.81 bits per heavy atom. The minimum atomic E-state index is 0.366. The number of aryl methyl sites for hydroxylation is 1. The normalized spacial score (nSPS) is 11.3. The van der Waals surface area contributed by atoms with Crippen molar-refractivity contribution in [2.24, 2.45) is 11.8 Å². The van der Waals surface area contributed by atoms with Crippen molar-refractivity contribution in [2.45, 2.75) is 27.2 Å². The Balaban J connectivity index is 2.08. The molecular weight excluding hydrogens is 288 g/mol. The molecule has 0 fully saturated rings. The highest BCUT2D eigenvalue weighted by Crippen LogP contribution is 2.31. The SMILES string of the molecule is CCc1cc2c(OCCOCC(C)C)nc(NN)nc2s1. The fourth-order valence-corrected chi connectivity index (χ4v) is 2.77. The number of ether oxygens (including phenoxy) is 2. The molecule has 6 nitrogen and oxygen atoms in total. The third kappa shape index (κ3) is 4.26. The van der Waals surface area contributed by atoms with E-state index in [2.05, 4.69) is 42.2 Å². The maximum absolute atomic E-state index is 5.74. The van der Waals surface area contributed by atoms with Crippen LogP contribution in [0.5, 0.6) is 5.88 Å². The van der Waals surface area contributed by atoms with Crippen molar-refractivity contribution < 1.29 is 9.47 Å². The zero-order valence-electron chi connectivity index (χ0n) is 12.7. The van der Waals surface area contributed by atoms with Crippen molar-refractivity contribution in [1.29, 1.82) is 0 Å². The van der Waals surface area contributed by atoms with Crippen LogP contribution < -0.4 is 16.0 Å². The van der Waals surface area contributed by atoms with Gasteiger partial charge in [-0.2, -0.15) is 4.98 Å². The molecule has 116 valence electrons. The predicted octanol–water partition coefficient (Wildman–Crippen LogP) is 2.59. The predicted molar refractivity (Wildman–Crippen MR) is 85.8 cm³/mol. The number of hydrogen-bond acceptors (Lipinski definition) is 7. The highest BCUT2D eigenvalue weighted by atomic mass is 32.1. The number of hydrogen-bond donors (Lipinski definition) is 2. The van der Waals surface area contributed by atoms with Crippen LogP contribution in [-0.2, 0) is 11.2 Å². The molecule has 2 aromatic rings. The fraction of sp³-hybridized carbons (Fsp3) is 0.571. The first-order chi connectivity index (χ1) is 10.1. The molecule has 2 heterocycles. The average Bonchev–Trinajstić information content (AvgIpc) is 2.89. The standard InChI is InChI=1S/C14H22N4O2S/c1-4-10-7-11-12(20-6-5-19-8-9(2)3)16-14(18-15)17-13(11)21-10/h7,9H,4-6,8,15H2,1-3H3,(H,16,17,18). The van der Waals surface area contributed by atoms with Gasteiger partial charge >= 0.3 is 0 Å². The third-order valence-corrected chi connectivity index (χ3v) is 3.98. The van der Waals surface area contributed by atoms with Gasteiger partial charge in [0.2, 0.25) is 11.8 Å². The summed E-state index contributed by atoms with van der Waals surface area (Å²) in [5, 5.41) is 0.930. The number of nitrogens with zero attached hydrogens (tertiary/aromatic N) is 2. The van der Waals surface area contributed by atoms with Gasteiger partial charge < -0.3 is 9.47 Å². The molecule has 2 rings (SSSR count). The van der Waals surface area contributed by atoms with Gasteiger partial charge in [0.25, 0.3) is 0 Å². The second kappa shape index (κ2) is 7.53. The van der Waals surface area contributed by atoms with Gasteiger partial charge in [0, 0.05) is 11.5 Å². The minimum Gasteiger partial charge on any atom is -0.475 e. The van der Waals surface area contributed by atoms with Gasteiger partial charge in [-0.15, -0.1) is 11.3 Å². The number of thiophene rings is 1. The summed E-state index contributed by atoms with van der Waals surface area (Å²) in [4.78, 5) is 10.8. The Bertz CT molecular complexity index is 586.